The van der Waals surface area contributed by atoms with Crippen molar-refractivity contribution < 1.29 is 4.74 Å². The number of ether oxygens (including phenoxy) is 1. The van der Waals surface area contributed by atoms with Gasteiger partial charge < -0.3 is 10.1 Å². The zero-order valence-corrected chi connectivity index (χ0v) is 9.78. The maximum absolute atomic E-state index is 5.07. The van der Waals surface area contributed by atoms with Gasteiger partial charge in [-0.3, -0.25) is 0 Å². The molecule has 0 aromatic heterocycles. The molecule has 0 saturated heterocycles. The summed E-state index contributed by atoms with van der Waals surface area (Å²) in [6, 6.07) is 9.26. The van der Waals surface area contributed by atoms with E-state index in [1.807, 2.05) is 0 Å². The first-order valence-corrected chi connectivity index (χ1v) is 5.86. The van der Waals surface area contributed by atoms with Crippen molar-refractivity contribution in [1.82, 2.24) is 5.32 Å². The largest absolute Gasteiger partial charge is 0.380 e. The van der Waals surface area contributed by atoms with Gasteiger partial charge >= 0.3 is 0 Å². The highest BCUT2D eigenvalue weighted by atomic mass is 16.5. The van der Waals surface area contributed by atoms with Gasteiger partial charge in [0.2, 0.25) is 0 Å². The lowest BCUT2D eigenvalue weighted by Crippen LogP contribution is -2.15. The van der Waals surface area contributed by atoms with Gasteiger partial charge in [-0.1, -0.05) is 36.4 Å². The van der Waals surface area contributed by atoms with Crippen LogP contribution in [0.5, 0.6) is 0 Å². The van der Waals surface area contributed by atoms with Gasteiger partial charge in [0.1, 0.15) is 0 Å². The van der Waals surface area contributed by atoms with Crippen molar-refractivity contribution in [1.29, 1.82) is 0 Å². The molecule has 0 bridgehead atoms. The van der Waals surface area contributed by atoms with E-state index < -0.39 is 0 Å². The predicted octanol–water partition coefficient (Wildman–Crippen LogP) is 2.60. The molecule has 1 fully saturated rings. The Balaban J connectivity index is 1.78. The van der Waals surface area contributed by atoms with Crippen molar-refractivity contribution in [3.05, 3.63) is 41.5 Å². The van der Waals surface area contributed by atoms with Crippen LogP contribution in [0, 0.1) is 0 Å². The van der Waals surface area contributed by atoms with Crippen molar-refractivity contribution in [2.45, 2.75) is 25.5 Å². The summed E-state index contributed by atoms with van der Waals surface area (Å²) in [7, 11) is 1.72. The van der Waals surface area contributed by atoms with Crippen LogP contribution in [0.1, 0.15) is 24.0 Å². The molecule has 0 amide bonds. The Labute approximate surface area is 97.3 Å². The fraction of sp³-hybridized carbons (Fsp3) is 0.429. The Bertz CT molecular complexity index is 338. The second-order valence-corrected chi connectivity index (χ2v) is 4.26. The molecule has 2 nitrogen and oxygen atoms in total. The summed E-state index contributed by atoms with van der Waals surface area (Å²) in [6.45, 7) is 1.66. The quantitative estimate of drug-likeness (QED) is 0.791. The molecule has 0 aliphatic heterocycles. The highest BCUT2D eigenvalue weighted by Gasteiger charge is 2.18. The number of benzene rings is 1. The van der Waals surface area contributed by atoms with E-state index in [4.69, 9.17) is 4.74 Å². The summed E-state index contributed by atoms with van der Waals surface area (Å²) in [5.41, 5.74) is 2.47. The minimum absolute atomic E-state index is 0.688. The van der Waals surface area contributed by atoms with Gasteiger partial charge in [0.05, 0.1) is 6.61 Å². The van der Waals surface area contributed by atoms with Gasteiger partial charge in [0, 0.05) is 19.7 Å². The predicted molar refractivity (Wildman–Crippen MR) is 67.2 cm³/mol. The zero-order chi connectivity index (χ0) is 11.2. The average molecular weight is 217 g/mol. The van der Waals surface area contributed by atoms with Crippen molar-refractivity contribution >= 4 is 6.08 Å². The minimum atomic E-state index is 0.688. The lowest BCUT2D eigenvalue weighted by Gasteiger charge is -2.00. The molecule has 1 saturated carbocycles. The van der Waals surface area contributed by atoms with Gasteiger partial charge in [0.15, 0.2) is 0 Å². The van der Waals surface area contributed by atoms with Crippen LogP contribution in [0.25, 0.3) is 6.08 Å². The fourth-order valence-corrected chi connectivity index (χ4v) is 1.61. The van der Waals surface area contributed by atoms with Crippen LogP contribution in [0.2, 0.25) is 0 Å². The minimum Gasteiger partial charge on any atom is -0.380 e. The summed E-state index contributed by atoms with van der Waals surface area (Å²) >= 11 is 0. The molecule has 0 unspecified atom stereocenters. The van der Waals surface area contributed by atoms with E-state index in [1.165, 1.54) is 24.0 Å². The third kappa shape index (κ3) is 3.80. The number of rotatable bonds is 6. The molecule has 0 heterocycles. The molecule has 16 heavy (non-hydrogen) atoms. The van der Waals surface area contributed by atoms with Crippen molar-refractivity contribution in [2.75, 3.05) is 13.7 Å². The lowest BCUT2D eigenvalue weighted by molar-refractivity contribution is 0.185. The van der Waals surface area contributed by atoms with Crippen LogP contribution < -0.4 is 5.32 Å². The van der Waals surface area contributed by atoms with E-state index in [1.54, 1.807) is 7.11 Å². The van der Waals surface area contributed by atoms with Gasteiger partial charge in [-0.2, -0.15) is 0 Å². The summed E-state index contributed by atoms with van der Waals surface area (Å²) in [4.78, 5) is 0. The van der Waals surface area contributed by atoms with Crippen LogP contribution in [0.4, 0.5) is 0 Å². The van der Waals surface area contributed by atoms with E-state index in [0.29, 0.717) is 6.61 Å². The molecular formula is C14H19NO. The maximum Gasteiger partial charge on any atom is 0.0713 e. The highest BCUT2D eigenvalue weighted by molar-refractivity contribution is 5.49. The molecule has 86 valence electrons. The Kier molecular flexibility index (Phi) is 4.14. The third-order valence-corrected chi connectivity index (χ3v) is 2.70. The number of methoxy groups -OCH3 is 1. The molecule has 1 N–H and O–H groups in total. The molecule has 1 aliphatic rings. The van der Waals surface area contributed by atoms with E-state index in [-0.39, 0.29) is 0 Å². The van der Waals surface area contributed by atoms with Crippen molar-refractivity contribution in [3.8, 4) is 0 Å². The zero-order valence-electron chi connectivity index (χ0n) is 9.78. The molecule has 1 aromatic carbocycles. The van der Waals surface area contributed by atoms with Gasteiger partial charge in [-0.15, -0.1) is 0 Å². The maximum atomic E-state index is 5.07. The van der Waals surface area contributed by atoms with Crippen molar-refractivity contribution in [2.24, 2.45) is 0 Å². The SMILES string of the molecule is COCc1ccc(C=CCNC2CC2)cc1. The second kappa shape index (κ2) is 5.83. The average Bonchev–Trinajstić information content (AvgIpc) is 3.11. The van der Waals surface area contributed by atoms with Gasteiger partial charge in [-0.05, 0) is 24.0 Å². The Morgan fingerprint density at radius 1 is 1.31 bits per heavy atom. The summed E-state index contributed by atoms with van der Waals surface area (Å²) in [6.07, 6.45) is 7.04. The van der Waals surface area contributed by atoms with Crippen molar-refractivity contribution in [3.63, 3.8) is 0 Å². The second-order valence-electron chi connectivity index (χ2n) is 4.26. The smallest absolute Gasteiger partial charge is 0.0713 e. The van der Waals surface area contributed by atoms with Crippen LogP contribution in [0.3, 0.4) is 0 Å². The van der Waals surface area contributed by atoms with Crippen LogP contribution in [-0.2, 0) is 11.3 Å². The topological polar surface area (TPSA) is 21.3 Å². The summed E-state index contributed by atoms with van der Waals surface area (Å²) in [5, 5.41) is 3.45. The first kappa shape index (κ1) is 11.4. The standard InChI is InChI=1S/C14H19NO/c1-16-11-13-6-4-12(5-7-13)3-2-10-15-14-8-9-14/h2-7,14-15H,8-11H2,1H3. The first-order valence-electron chi connectivity index (χ1n) is 5.86. The Morgan fingerprint density at radius 2 is 2.06 bits per heavy atom. The highest BCUT2D eigenvalue weighted by Crippen LogP contribution is 2.18. The fourth-order valence-electron chi connectivity index (χ4n) is 1.61. The molecule has 1 aromatic rings. The summed E-state index contributed by atoms with van der Waals surface area (Å²) in [5.74, 6) is 0. The van der Waals surface area contributed by atoms with E-state index in [2.05, 4.69) is 41.7 Å². The molecule has 2 rings (SSSR count). The first-order chi connectivity index (χ1) is 7.88. The van der Waals surface area contributed by atoms with E-state index in [0.717, 1.165) is 12.6 Å². The number of nitrogens with one attached hydrogen (secondary N) is 1. The van der Waals surface area contributed by atoms with Gasteiger partial charge in [-0.25, -0.2) is 0 Å². The van der Waals surface area contributed by atoms with Crippen LogP contribution in [0.15, 0.2) is 30.3 Å². The lowest BCUT2D eigenvalue weighted by atomic mass is 10.1. The van der Waals surface area contributed by atoms with Gasteiger partial charge in [0.25, 0.3) is 0 Å². The Morgan fingerprint density at radius 3 is 2.69 bits per heavy atom. The van der Waals surface area contributed by atoms with Crippen LogP contribution in [-0.4, -0.2) is 19.7 Å². The van der Waals surface area contributed by atoms with E-state index >= 15 is 0 Å². The summed E-state index contributed by atoms with van der Waals surface area (Å²) < 4.78 is 5.07. The third-order valence-electron chi connectivity index (χ3n) is 2.70. The molecule has 0 atom stereocenters. The Hall–Kier alpha value is -1.12. The van der Waals surface area contributed by atoms with Crippen LogP contribution >= 0.6 is 0 Å². The molecule has 0 spiro atoms. The molecular weight excluding hydrogens is 198 g/mol. The number of hydrogen-bond acceptors (Lipinski definition) is 2. The molecule has 0 radical (unpaired) electrons. The molecule has 2 heteroatoms. The van der Waals surface area contributed by atoms with E-state index in [9.17, 15) is 0 Å². The number of hydrogen-bond donors (Lipinski definition) is 1. The normalized spacial score (nSPS) is 15.8. The molecule has 1 aliphatic carbocycles. The monoisotopic (exact) mass is 217 g/mol.